The molecule has 0 saturated carbocycles. The van der Waals surface area contributed by atoms with Gasteiger partial charge in [-0.1, -0.05) is 0 Å². The second-order valence-electron chi connectivity index (χ2n) is 4.63. The van der Waals surface area contributed by atoms with Crippen LogP contribution in [0.2, 0.25) is 0 Å². The highest BCUT2D eigenvalue weighted by atomic mass is 16.5. The summed E-state index contributed by atoms with van der Waals surface area (Å²) in [7, 11) is 0. The molecule has 0 fully saturated rings. The van der Waals surface area contributed by atoms with Crippen LogP contribution in [-0.2, 0) is 25.7 Å². The maximum absolute atomic E-state index is 9.33. The molecule has 3 nitrogen and oxygen atoms in total. The summed E-state index contributed by atoms with van der Waals surface area (Å²) in [5, 5.41) is 18.1. The zero-order chi connectivity index (χ0) is 11.8. The van der Waals surface area contributed by atoms with Gasteiger partial charge < -0.3 is 4.74 Å². The highest BCUT2D eigenvalue weighted by Crippen LogP contribution is 2.42. The zero-order valence-electron chi connectivity index (χ0n) is 9.55. The van der Waals surface area contributed by atoms with E-state index in [-0.39, 0.29) is 0 Å². The van der Waals surface area contributed by atoms with Crippen LogP contribution in [0.1, 0.15) is 40.7 Å². The molecule has 1 aromatic carbocycles. The van der Waals surface area contributed by atoms with Crippen LogP contribution in [0.4, 0.5) is 0 Å². The van der Waals surface area contributed by atoms with E-state index in [4.69, 9.17) is 10.00 Å². The summed E-state index contributed by atoms with van der Waals surface area (Å²) >= 11 is 0. The summed E-state index contributed by atoms with van der Waals surface area (Å²) < 4.78 is 5.19. The third kappa shape index (κ3) is 1.33. The maximum atomic E-state index is 9.33. The molecular formula is C14H12N2O. The average Bonchev–Trinajstić information content (AvgIpc) is 2.96. The zero-order valence-corrected chi connectivity index (χ0v) is 9.55. The van der Waals surface area contributed by atoms with E-state index in [0.29, 0.717) is 0 Å². The second-order valence-corrected chi connectivity index (χ2v) is 4.63. The topological polar surface area (TPSA) is 56.8 Å². The molecule has 0 heterocycles. The van der Waals surface area contributed by atoms with Crippen LogP contribution in [0, 0.1) is 22.8 Å². The van der Waals surface area contributed by atoms with Gasteiger partial charge in [0.2, 0.25) is 0 Å². The van der Waals surface area contributed by atoms with Crippen molar-refractivity contribution in [3.8, 4) is 18.1 Å². The molecule has 2 aliphatic rings. The lowest BCUT2D eigenvalue weighted by molar-refractivity contribution is 0.495. The average molecular weight is 224 g/mol. The summed E-state index contributed by atoms with van der Waals surface area (Å²) in [6.07, 6.45) is 7.71. The highest BCUT2D eigenvalue weighted by molar-refractivity contribution is 5.62. The van der Waals surface area contributed by atoms with E-state index in [2.05, 4.69) is 6.07 Å². The third-order valence-corrected chi connectivity index (χ3v) is 3.85. The van der Waals surface area contributed by atoms with E-state index >= 15 is 0 Å². The highest BCUT2D eigenvalue weighted by Gasteiger charge is 2.29. The van der Waals surface area contributed by atoms with E-state index < -0.39 is 0 Å². The van der Waals surface area contributed by atoms with Crippen molar-refractivity contribution in [3.63, 3.8) is 0 Å². The smallest absolute Gasteiger partial charge is 0.292 e. The molecule has 2 aliphatic carbocycles. The lowest BCUT2D eigenvalue weighted by atomic mass is 9.94. The van der Waals surface area contributed by atoms with Crippen LogP contribution in [0.15, 0.2) is 0 Å². The first-order valence-corrected chi connectivity index (χ1v) is 6.02. The van der Waals surface area contributed by atoms with Crippen molar-refractivity contribution in [2.24, 2.45) is 0 Å². The first kappa shape index (κ1) is 10.2. The predicted octanol–water partition coefficient (Wildman–Crippen LogP) is 2.40. The molecular weight excluding hydrogens is 212 g/mol. The molecule has 0 unspecified atom stereocenters. The number of hydrogen-bond acceptors (Lipinski definition) is 3. The Morgan fingerprint density at radius 2 is 1.35 bits per heavy atom. The SMILES string of the molecule is N#COc1c2c(c(C#N)c3c1CCC3)CCC2. The number of hydrogen-bond donors (Lipinski definition) is 0. The molecule has 0 saturated heterocycles. The van der Waals surface area contributed by atoms with Crippen LogP contribution in [-0.4, -0.2) is 0 Å². The summed E-state index contributed by atoms with van der Waals surface area (Å²) in [6.45, 7) is 0. The molecule has 0 spiro atoms. The Kier molecular flexibility index (Phi) is 2.27. The van der Waals surface area contributed by atoms with Crippen LogP contribution in [0.5, 0.6) is 5.75 Å². The standard InChI is InChI=1S/C14H12N2O/c15-7-13-9-3-1-5-11(9)14(17-8-16)12-6-2-4-10(12)13/h1-6H2. The summed E-state index contributed by atoms with van der Waals surface area (Å²) in [5.41, 5.74) is 5.37. The van der Waals surface area contributed by atoms with E-state index in [1.807, 2.05) is 0 Å². The largest absolute Gasteiger partial charge is 0.387 e. The Bertz CT molecular complexity index is 540. The Hall–Kier alpha value is -2.00. The molecule has 0 bridgehead atoms. The minimum Gasteiger partial charge on any atom is -0.387 e. The van der Waals surface area contributed by atoms with E-state index in [0.717, 1.165) is 72.1 Å². The molecule has 3 heteroatoms. The third-order valence-electron chi connectivity index (χ3n) is 3.85. The van der Waals surface area contributed by atoms with Gasteiger partial charge in [-0.15, -0.1) is 5.26 Å². The van der Waals surface area contributed by atoms with Gasteiger partial charge in [0.25, 0.3) is 6.26 Å². The van der Waals surface area contributed by atoms with Gasteiger partial charge in [-0.25, -0.2) is 0 Å². The van der Waals surface area contributed by atoms with Crippen molar-refractivity contribution in [2.45, 2.75) is 38.5 Å². The number of rotatable bonds is 1. The Balaban J connectivity index is 2.32. The number of nitriles is 2. The fourth-order valence-corrected chi connectivity index (χ4v) is 3.21. The molecule has 0 atom stereocenters. The predicted molar refractivity (Wildman–Crippen MR) is 61.4 cm³/mol. The molecule has 1 aromatic rings. The van der Waals surface area contributed by atoms with Crippen LogP contribution in [0.3, 0.4) is 0 Å². The number of nitrogens with zero attached hydrogens (tertiary/aromatic N) is 2. The molecule has 3 rings (SSSR count). The summed E-state index contributed by atoms with van der Waals surface area (Å²) in [5.74, 6) is 0.770. The first-order valence-electron chi connectivity index (χ1n) is 6.02. The van der Waals surface area contributed by atoms with Gasteiger partial charge in [0, 0.05) is 11.1 Å². The molecule has 0 amide bonds. The van der Waals surface area contributed by atoms with Crippen LogP contribution >= 0.6 is 0 Å². The number of fused-ring (bicyclic) bond motifs is 2. The number of benzene rings is 1. The van der Waals surface area contributed by atoms with Gasteiger partial charge >= 0.3 is 0 Å². The van der Waals surface area contributed by atoms with Gasteiger partial charge in [-0.3, -0.25) is 0 Å². The Labute approximate surface area is 100 Å². The van der Waals surface area contributed by atoms with Gasteiger partial charge in [-0.2, -0.15) is 5.26 Å². The van der Waals surface area contributed by atoms with Gasteiger partial charge in [0.1, 0.15) is 5.75 Å². The van der Waals surface area contributed by atoms with Gasteiger partial charge in [0.05, 0.1) is 11.6 Å². The van der Waals surface area contributed by atoms with Crippen LogP contribution < -0.4 is 4.74 Å². The minimum absolute atomic E-state index is 0.770. The summed E-state index contributed by atoms with van der Waals surface area (Å²) in [6, 6.07) is 2.36. The van der Waals surface area contributed by atoms with Crippen molar-refractivity contribution < 1.29 is 4.74 Å². The lowest BCUT2D eigenvalue weighted by Crippen LogP contribution is -2.01. The first-order chi connectivity index (χ1) is 8.36. The van der Waals surface area contributed by atoms with Crippen molar-refractivity contribution >= 4 is 0 Å². The van der Waals surface area contributed by atoms with Crippen molar-refractivity contribution in [3.05, 3.63) is 27.8 Å². The molecule has 84 valence electrons. The summed E-state index contributed by atoms with van der Waals surface area (Å²) in [4.78, 5) is 0. The molecule has 0 aliphatic heterocycles. The second kappa shape index (κ2) is 3.79. The fourth-order valence-electron chi connectivity index (χ4n) is 3.21. The monoisotopic (exact) mass is 224 g/mol. The molecule has 17 heavy (non-hydrogen) atoms. The van der Waals surface area contributed by atoms with Crippen LogP contribution in [0.25, 0.3) is 0 Å². The number of ether oxygens (including phenoxy) is 1. The fraction of sp³-hybridized carbons (Fsp3) is 0.429. The maximum Gasteiger partial charge on any atom is 0.292 e. The van der Waals surface area contributed by atoms with Crippen molar-refractivity contribution in [1.29, 1.82) is 10.5 Å². The van der Waals surface area contributed by atoms with Gasteiger partial charge in [0.15, 0.2) is 0 Å². The molecule has 0 radical (unpaired) electrons. The van der Waals surface area contributed by atoms with Crippen molar-refractivity contribution in [2.75, 3.05) is 0 Å². The molecule has 0 aromatic heterocycles. The Morgan fingerprint density at radius 3 is 1.82 bits per heavy atom. The normalized spacial score (nSPS) is 15.9. The van der Waals surface area contributed by atoms with E-state index in [1.54, 1.807) is 6.26 Å². The lowest BCUT2D eigenvalue weighted by Gasteiger charge is -2.13. The quantitative estimate of drug-likeness (QED) is 0.688. The van der Waals surface area contributed by atoms with E-state index in [1.165, 1.54) is 0 Å². The van der Waals surface area contributed by atoms with E-state index in [9.17, 15) is 5.26 Å². The van der Waals surface area contributed by atoms with Crippen molar-refractivity contribution in [1.82, 2.24) is 0 Å². The minimum atomic E-state index is 0.770. The molecule has 0 N–H and O–H groups in total. The Morgan fingerprint density at radius 1 is 0.824 bits per heavy atom. The van der Waals surface area contributed by atoms with Gasteiger partial charge in [-0.05, 0) is 49.7 Å².